The first-order valence-corrected chi connectivity index (χ1v) is 4.02. The van der Waals surface area contributed by atoms with E-state index in [9.17, 15) is 0 Å². The van der Waals surface area contributed by atoms with Gasteiger partial charge in [0.15, 0.2) is 0 Å². The van der Waals surface area contributed by atoms with Crippen LogP contribution in [-0.4, -0.2) is 24.3 Å². The maximum Gasteiger partial charge on any atom is 0.116 e. The van der Waals surface area contributed by atoms with E-state index in [4.69, 9.17) is 4.79 Å². The minimum absolute atomic E-state index is 0.750. The summed E-state index contributed by atoms with van der Waals surface area (Å²) in [7, 11) is 0. The Hall–Kier alpha value is -0.790. The van der Waals surface area contributed by atoms with Gasteiger partial charge in [0.2, 0.25) is 0 Å². The van der Waals surface area contributed by atoms with E-state index in [-0.39, 0.29) is 0 Å². The van der Waals surface area contributed by atoms with Crippen molar-refractivity contribution in [2.24, 2.45) is 0 Å². The van der Waals surface area contributed by atoms with Crippen molar-refractivity contribution in [2.75, 3.05) is 13.1 Å². The highest BCUT2D eigenvalue weighted by Crippen LogP contribution is 2.11. The second kappa shape index (κ2) is 5.96. The number of hydrogen-bond donors (Lipinski definition) is 0. The Morgan fingerprint density at radius 3 is 2.00 bits per heavy atom. The molecule has 0 aromatic heterocycles. The summed E-state index contributed by atoms with van der Waals surface area (Å²) in [5, 5.41) is 0. The van der Waals surface area contributed by atoms with Crippen molar-refractivity contribution < 1.29 is 4.79 Å². The molecule has 0 spiro atoms. The molecule has 0 radical (unpaired) electrons. The standard InChI is InChI=1S/C7H13N.C2H4O/c1-7(2)8-5-3-4-6-8;1-2-3/h1,3-6H2,2H3;2H,1H3. The summed E-state index contributed by atoms with van der Waals surface area (Å²) in [6, 6.07) is 0. The minimum Gasteiger partial charge on any atom is -0.376 e. The summed E-state index contributed by atoms with van der Waals surface area (Å²) in [5.41, 5.74) is 1.22. The zero-order valence-electron chi connectivity index (χ0n) is 7.47. The van der Waals surface area contributed by atoms with Crippen LogP contribution in [0.25, 0.3) is 0 Å². The van der Waals surface area contributed by atoms with Crippen LogP contribution in [0, 0.1) is 0 Å². The molecule has 2 heteroatoms. The largest absolute Gasteiger partial charge is 0.376 e. The van der Waals surface area contributed by atoms with E-state index in [0.29, 0.717) is 0 Å². The van der Waals surface area contributed by atoms with Gasteiger partial charge < -0.3 is 9.69 Å². The maximum atomic E-state index is 8.81. The molecule has 64 valence electrons. The van der Waals surface area contributed by atoms with E-state index < -0.39 is 0 Å². The Bertz CT molecular complexity index is 126. The fourth-order valence-electron chi connectivity index (χ4n) is 1.10. The highest BCUT2D eigenvalue weighted by atomic mass is 16.1. The summed E-state index contributed by atoms with van der Waals surface area (Å²) in [4.78, 5) is 11.1. The molecule has 0 aromatic carbocycles. The maximum absolute atomic E-state index is 8.81. The number of rotatable bonds is 1. The van der Waals surface area contributed by atoms with Gasteiger partial charge in [0.05, 0.1) is 0 Å². The monoisotopic (exact) mass is 155 g/mol. The average Bonchev–Trinajstić information content (AvgIpc) is 2.38. The number of allylic oxidation sites excluding steroid dienone is 1. The predicted octanol–water partition coefficient (Wildman–Crippen LogP) is 1.82. The number of hydrogen-bond acceptors (Lipinski definition) is 2. The second-order valence-electron chi connectivity index (χ2n) is 2.67. The molecule has 11 heavy (non-hydrogen) atoms. The van der Waals surface area contributed by atoms with Gasteiger partial charge in [-0.3, -0.25) is 0 Å². The van der Waals surface area contributed by atoms with Crippen LogP contribution in [0.15, 0.2) is 12.3 Å². The highest BCUT2D eigenvalue weighted by Gasteiger charge is 2.08. The molecular formula is C9H17NO. The molecule has 1 saturated heterocycles. The molecule has 0 aliphatic carbocycles. The summed E-state index contributed by atoms with van der Waals surface area (Å²) >= 11 is 0. The summed E-state index contributed by atoms with van der Waals surface area (Å²) in [6.45, 7) is 9.85. The lowest BCUT2D eigenvalue weighted by Crippen LogP contribution is -2.15. The average molecular weight is 155 g/mol. The Morgan fingerprint density at radius 1 is 1.45 bits per heavy atom. The molecule has 0 unspecified atom stereocenters. The lowest BCUT2D eigenvalue weighted by atomic mass is 10.4. The van der Waals surface area contributed by atoms with Gasteiger partial charge in [0.1, 0.15) is 6.29 Å². The molecular weight excluding hydrogens is 138 g/mol. The van der Waals surface area contributed by atoms with Crippen LogP contribution in [-0.2, 0) is 4.79 Å². The minimum atomic E-state index is 0.750. The van der Waals surface area contributed by atoms with Gasteiger partial charge >= 0.3 is 0 Å². The van der Waals surface area contributed by atoms with Crippen molar-refractivity contribution in [1.29, 1.82) is 0 Å². The van der Waals surface area contributed by atoms with E-state index in [0.717, 1.165) is 6.29 Å². The fourth-order valence-corrected chi connectivity index (χ4v) is 1.10. The Morgan fingerprint density at radius 2 is 1.82 bits per heavy atom. The molecule has 0 bridgehead atoms. The number of likely N-dealkylation sites (tertiary alicyclic amines) is 1. The van der Waals surface area contributed by atoms with Crippen molar-refractivity contribution in [3.63, 3.8) is 0 Å². The Balaban J connectivity index is 0.000000292. The summed E-state index contributed by atoms with van der Waals surface area (Å²) < 4.78 is 0. The molecule has 0 saturated carbocycles. The zero-order chi connectivity index (χ0) is 8.69. The van der Waals surface area contributed by atoms with Gasteiger partial charge in [-0.25, -0.2) is 0 Å². The number of nitrogens with zero attached hydrogens (tertiary/aromatic N) is 1. The Kier molecular flexibility index (Phi) is 5.53. The van der Waals surface area contributed by atoms with Crippen molar-refractivity contribution in [2.45, 2.75) is 26.7 Å². The molecule has 1 aliphatic rings. The van der Waals surface area contributed by atoms with Gasteiger partial charge in [-0.05, 0) is 26.7 Å². The molecule has 0 aromatic rings. The first-order valence-electron chi connectivity index (χ1n) is 4.02. The number of aldehydes is 1. The van der Waals surface area contributed by atoms with Crippen molar-refractivity contribution in [1.82, 2.24) is 4.90 Å². The van der Waals surface area contributed by atoms with Crippen molar-refractivity contribution in [3.8, 4) is 0 Å². The first kappa shape index (κ1) is 10.2. The van der Waals surface area contributed by atoms with Crippen LogP contribution in [0.2, 0.25) is 0 Å². The lowest BCUT2D eigenvalue weighted by molar-refractivity contribution is -0.106. The predicted molar refractivity (Wildman–Crippen MR) is 47.4 cm³/mol. The number of carbonyl (C=O) groups is 1. The molecule has 0 N–H and O–H groups in total. The van der Waals surface area contributed by atoms with E-state index in [1.807, 2.05) is 0 Å². The third kappa shape index (κ3) is 4.59. The molecule has 1 aliphatic heterocycles. The molecule has 0 amide bonds. The van der Waals surface area contributed by atoms with Crippen molar-refractivity contribution >= 4 is 6.29 Å². The third-order valence-electron chi connectivity index (χ3n) is 1.65. The molecule has 0 atom stereocenters. The van der Waals surface area contributed by atoms with Crippen LogP contribution < -0.4 is 0 Å². The van der Waals surface area contributed by atoms with Crippen molar-refractivity contribution in [3.05, 3.63) is 12.3 Å². The molecule has 2 nitrogen and oxygen atoms in total. The molecule has 1 fully saturated rings. The van der Waals surface area contributed by atoms with Gasteiger partial charge in [-0.2, -0.15) is 0 Å². The summed E-state index contributed by atoms with van der Waals surface area (Å²) in [5.74, 6) is 0. The van der Waals surface area contributed by atoms with E-state index in [1.165, 1.54) is 38.6 Å². The zero-order valence-corrected chi connectivity index (χ0v) is 7.47. The van der Waals surface area contributed by atoms with Gasteiger partial charge in [-0.1, -0.05) is 6.58 Å². The molecule has 1 heterocycles. The van der Waals surface area contributed by atoms with E-state index >= 15 is 0 Å². The van der Waals surface area contributed by atoms with Crippen LogP contribution in [0.4, 0.5) is 0 Å². The quantitative estimate of drug-likeness (QED) is 0.538. The van der Waals surface area contributed by atoms with Gasteiger partial charge in [-0.15, -0.1) is 0 Å². The number of carbonyl (C=O) groups excluding carboxylic acids is 1. The lowest BCUT2D eigenvalue weighted by Gasteiger charge is -2.15. The van der Waals surface area contributed by atoms with Crippen LogP contribution in [0.3, 0.4) is 0 Å². The fraction of sp³-hybridized carbons (Fsp3) is 0.667. The van der Waals surface area contributed by atoms with Crippen LogP contribution >= 0.6 is 0 Å². The van der Waals surface area contributed by atoms with E-state index in [1.54, 1.807) is 0 Å². The Labute approximate surface area is 68.9 Å². The third-order valence-corrected chi connectivity index (χ3v) is 1.65. The van der Waals surface area contributed by atoms with Crippen LogP contribution in [0.1, 0.15) is 26.7 Å². The summed E-state index contributed by atoms with van der Waals surface area (Å²) in [6.07, 6.45) is 3.46. The topological polar surface area (TPSA) is 20.3 Å². The van der Waals surface area contributed by atoms with Gasteiger partial charge in [0.25, 0.3) is 0 Å². The van der Waals surface area contributed by atoms with E-state index in [2.05, 4.69) is 18.4 Å². The van der Waals surface area contributed by atoms with Crippen LogP contribution in [0.5, 0.6) is 0 Å². The van der Waals surface area contributed by atoms with Gasteiger partial charge in [0, 0.05) is 18.8 Å². The SMILES string of the molecule is C=C(C)N1CCCC1.CC=O. The first-order chi connectivity index (χ1) is 5.22. The smallest absolute Gasteiger partial charge is 0.116 e. The normalized spacial score (nSPS) is 15.3. The molecule has 1 rings (SSSR count). The second-order valence-corrected chi connectivity index (χ2v) is 2.67. The highest BCUT2D eigenvalue weighted by molar-refractivity contribution is 5.44.